The molecule has 0 spiro atoms. The highest BCUT2D eigenvalue weighted by atomic mass is 19.1. The molecule has 0 aliphatic carbocycles. The Morgan fingerprint density at radius 2 is 1.89 bits per heavy atom. The summed E-state index contributed by atoms with van der Waals surface area (Å²) in [4.78, 5) is 24.8. The van der Waals surface area contributed by atoms with Crippen LogP contribution in [0.1, 0.15) is 31.7 Å². The fourth-order valence-electron chi connectivity index (χ4n) is 4.17. The van der Waals surface area contributed by atoms with Crippen LogP contribution >= 0.6 is 0 Å². The molecular weight excluding hydrogens is 361 g/mol. The molecule has 7 heteroatoms. The molecule has 2 fully saturated rings. The van der Waals surface area contributed by atoms with E-state index >= 15 is 0 Å². The summed E-state index contributed by atoms with van der Waals surface area (Å²) >= 11 is 0. The summed E-state index contributed by atoms with van der Waals surface area (Å²) in [6.45, 7) is 9.10. The van der Waals surface area contributed by atoms with Crippen molar-refractivity contribution in [3.05, 3.63) is 29.6 Å². The lowest BCUT2D eigenvalue weighted by molar-refractivity contribution is -0.118. The van der Waals surface area contributed by atoms with Crippen molar-refractivity contribution in [2.24, 2.45) is 0 Å². The number of ether oxygens (including phenoxy) is 1. The predicted octanol–water partition coefficient (Wildman–Crippen LogP) is 2.01. The van der Waals surface area contributed by atoms with Gasteiger partial charge in [-0.05, 0) is 56.5 Å². The Bertz CT molecular complexity index is 627. The van der Waals surface area contributed by atoms with Crippen LogP contribution in [0.5, 0.6) is 0 Å². The Kier molecular flexibility index (Phi) is 9.02. The van der Waals surface area contributed by atoms with Gasteiger partial charge in [0.25, 0.3) is 0 Å². The molecule has 0 saturated carbocycles. The summed E-state index contributed by atoms with van der Waals surface area (Å²) in [5.41, 5.74) is 1.76. The number of amides is 1. The standard InChI is InChI=1S/C17H22FN3O.C3H8O.CH2O/c18-13-1-2-16-12(9-13)10-17(22)21(16)14-4-7-20(8-5-14)15-3-6-19-11-15;1-3-4-2;1-2/h1-2,9,14-15,19H,3-8,10-11H2;3H2,1-2H3;1H2. The monoisotopic (exact) mass is 393 g/mol. The zero-order valence-electron chi connectivity index (χ0n) is 17.0. The number of nitrogens with zero attached hydrogens (tertiary/aromatic N) is 2. The fourth-order valence-corrected chi connectivity index (χ4v) is 4.17. The lowest BCUT2D eigenvalue weighted by Crippen LogP contribution is -2.49. The number of methoxy groups -OCH3 is 1. The van der Waals surface area contributed by atoms with Crippen LogP contribution < -0.4 is 10.2 Å². The van der Waals surface area contributed by atoms with Crippen molar-refractivity contribution in [3.8, 4) is 0 Å². The number of hydrogen-bond acceptors (Lipinski definition) is 5. The molecule has 3 heterocycles. The summed E-state index contributed by atoms with van der Waals surface area (Å²) in [7, 11) is 1.68. The molecule has 0 radical (unpaired) electrons. The van der Waals surface area contributed by atoms with Gasteiger partial charge in [0, 0.05) is 51.1 Å². The number of carbonyl (C=O) groups excluding carboxylic acids is 2. The number of nitrogens with one attached hydrogen (secondary N) is 1. The van der Waals surface area contributed by atoms with Gasteiger partial charge < -0.3 is 19.7 Å². The van der Waals surface area contributed by atoms with Crippen molar-refractivity contribution in [1.82, 2.24) is 10.2 Å². The van der Waals surface area contributed by atoms with Gasteiger partial charge in [-0.1, -0.05) is 0 Å². The normalized spacial score (nSPS) is 22.2. The summed E-state index contributed by atoms with van der Waals surface area (Å²) in [5, 5.41) is 3.42. The van der Waals surface area contributed by atoms with E-state index in [0.29, 0.717) is 12.5 Å². The topological polar surface area (TPSA) is 61.9 Å². The van der Waals surface area contributed by atoms with Crippen molar-refractivity contribution in [2.75, 3.05) is 44.8 Å². The molecular formula is C21H32FN3O3. The molecule has 28 heavy (non-hydrogen) atoms. The Hall–Kier alpha value is -1.83. The maximum Gasteiger partial charge on any atom is 0.231 e. The second kappa shape index (κ2) is 11.2. The Balaban J connectivity index is 0.000000419. The molecule has 1 N–H and O–H groups in total. The highest BCUT2D eigenvalue weighted by Gasteiger charge is 2.36. The molecule has 156 valence electrons. The SMILES string of the molecule is C=O.CCOC.O=C1Cc2cc(F)ccc2N1C1CCN(C2CCNC2)CC1. The maximum absolute atomic E-state index is 13.3. The van der Waals surface area contributed by atoms with Gasteiger partial charge in [0.15, 0.2) is 0 Å². The molecule has 2 saturated heterocycles. The van der Waals surface area contributed by atoms with E-state index in [0.717, 1.165) is 56.9 Å². The van der Waals surface area contributed by atoms with Crippen molar-refractivity contribution in [3.63, 3.8) is 0 Å². The lowest BCUT2D eigenvalue weighted by atomic mass is 10.0. The molecule has 1 aromatic rings. The van der Waals surface area contributed by atoms with Crippen LogP contribution in [0.25, 0.3) is 0 Å². The van der Waals surface area contributed by atoms with E-state index < -0.39 is 0 Å². The Morgan fingerprint density at radius 1 is 1.21 bits per heavy atom. The van der Waals surface area contributed by atoms with Crippen molar-refractivity contribution in [1.29, 1.82) is 0 Å². The van der Waals surface area contributed by atoms with E-state index in [1.165, 1.54) is 18.6 Å². The molecule has 3 aliphatic rings. The van der Waals surface area contributed by atoms with Gasteiger partial charge in [-0.15, -0.1) is 0 Å². The third-order valence-electron chi connectivity index (χ3n) is 5.62. The number of hydrogen-bond donors (Lipinski definition) is 1. The number of benzene rings is 1. The van der Waals surface area contributed by atoms with Crippen molar-refractivity contribution in [2.45, 2.75) is 44.7 Å². The fraction of sp³-hybridized carbons (Fsp3) is 0.619. The molecule has 1 aromatic carbocycles. The maximum atomic E-state index is 13.3. The number of rotatable bonds is 3. The molecule has 0 bridgehead atoms. The van der Waals surface area contributed by atoms with Crippen LogP contribution in [0.15, 0.2) is 18.2 Å². The number of likely N-dealkylation sites (tertiary alicyclic amines) is 1. The second-order valence-electron chi connectivity index (χ2n) is 7.20. The number of anilines is 1. The summed E-state index contributed by atoms with van der Waals surface area (Å²) in [6.07, 6.45) is 3.60. The zero-order valence-corrected chi connectivity index (χ0v) is 17.0. The highest BCUT2D eigenvalue weighted by Crippen LogP contribution is 2.34. The first-order chi connectivity index (χ1) is 13.6. The van der Waals surface area contributed by atoms with Gasteiger partial charge in [0.1, 0.15) is 12.6 Å². The van der Waals surface area contributed by atoms with E-state index in [9.17, 15) is 9.18 Å². The number of carbonyl (C=O) groups is 2. The smallest absolute Gasteiger partial charge is 0.231 e. The molecule has 1 atom stereocenters. The minimum absolute atomic E-state index is 0.126. The zero-order chi connectivity index (χ0) is 20.5. The quantitative estimate of drug-likeness (QED) is 0.851. The predicted molar refractivity (Wildman–Crippen MR) is 108 cm³/mol. The first-order valence-corrected chi connectivity index (χ1v) is 9.97. The van der Waals surface area contributed by atoms with Crippen molar-refractivity contribution >= 4 is 18.4 Å². The largest absolute Gasteiger partial charge is 0.385 e. The molecule has 1 unspecified atom stereocenters. The van der Waals surface area contributed by atoms with Gasteiger partial charge in [-0.3, -0.25) is 9.69 Å². The van der Waals surface area contributed by atoms with Gasteiger partial charge in [-0.2, -0.15) is 0 Å². The first-order valence-electron chi connectivity index (χ1n) is 9.97. The van der Waals surface area contributed by atoms with Gasteiger partial charge in [0.2, 0.25) is 5.91 Å². The lowest BCUT2D eigenvalue weighted by Gasteiger charge is -2.39. The highest BCUT2D eigenvalue weighted by molar-refractivity contribution is 6.01. The molecule has 3 aliphatic heterocycles. The van der Waals surface area contributed by atoms with Crippen LogP contribution in [-0.2, 0) is 20.7 Å². The van der Waals surface area contributed by atoms with Crippen LogP contribution in [0.2, 0.25) is 0 Å². The molecule has 4 rings (SSSR count). The van der Waals surface area contributed by atoms with E-state index in [1.807, 2.05) is 18.6 Å². The van der Waals surface area contributed by atoms with E-state index in [2.05, 4.69) is 15.0 Å². The van der Waals surface area contributed by atoms with Crippen LogP contribution in [0.4, 0.5) is 10.1 Å². The minimum Gasteiger partial charge on any atom is -0.385 e. The van der Waals surface area contributed by atoms with Crippen LogP contribution in [0.3, 0.4) is 0 Å². The minimum atomic E-state index is -0.253. The van der Waals surface area contributed by atoms with Crippen LogP contribution in [0, 0.1) is 5.82 Å². The number of fused-ring (bicyclic) bond motifs is 1. The first kappa shape index (κ1) is 22.5. The molecule has 1 amide bonds. The Labute approximate surface area is 167 Å². The molecule has 0 aromatic heterocycles. The van der Waals surface area contributed by atoms with E-state index in [4.69, 9.17) is 4.79 Å². The van der Waals surface area contributed by atoms with Crippen molar-refractivity contribution < 1.29 is 18.7 Å². The summed E-state index contributed by atoms with van der Waals surface area (Å²) < 4.78 is 17.9. The average Bonchev–Trinajstić information content (AvgIpc) is 3.37. The van der Waals surface area contributed by atoms with Gasteiger partial charge >= 0.3 is 0 Å². The Morgan fingerprint density at radius 3 is 2.46 bits per heavy atom. The summed E-state index contributed by atoms with van der Waals surface area (Å²) in [6, 6.07) is 5.67. The average molecular weight is 394 g/mol. The number of halogens is 1. The van der Waals surface area contributed by atoms with E-state index in [-0.39, 0.29) is 17.8 Å². The second-order valence-corrected chi connectivity index (χ2v) is 7.20. The summed E-state index contributed by atoms with van der Waals surface area (Å²) in [5.74, 6) is -0.126. The third-order valence-corrected chi connectivity index (χ3v) is 5.62. The van der Waals surface area contributed by atoms with Gasteiger partial charge in [-0.25, -0.2) is 4.39 Å². The van der Waals surface area contributed by atoms with E-state index in [1.54, 1.807) is 13.2 Å². The van der Waals surface area contributed by atoms with Crippen LogP contribution in [-0.4, -0.2) is 69.6 Å². The molecule has 6 nitrogen and oxygen atoms in total. The van der Waals surface area contributed by atoms with Gasteiger partial charge in [0.05, 0.1) is 6.42 Å². The third kappa shape index (κ3) is 5.37. The number of piperidine rings is 1.